The lowest BCUT2D eigenvalue weighted by Gasteiger charge is -2.15. The molecule has 0 radical (unpaired) electrons. The lowest BCUT2D eigenvalue weighted by molar-refractivity contribution is 0.105. The summed E-state index contributed by atoms with van der Waals surface area (Å²) in [7, 11) is 0. The molecule has 0 heterocycles. The van der Waals surface area contributed by atoms with Gasteiger partial charge in [0.1, 0.15) is 0 Å². The Balaban J connectivity index is 2.03. The third kappa shape index (κ3) is 3.30. The van der Waals surface area contributed by atoms with Crippen molar-refractivity contribution in [2.24, 2.45) is 0 Å². The van der Waals surface area contributed by atoms with Gasteiger partial charge in [-0.15, -0.1) is 0 Å². The largest absolute Gasteiger partial charge is 0.319 e. The first-order valence-corrected chi connectivity index (χ1v) is 6.28. The van der Waals surface area contributed by atoms with Gasteiger partial charge in [-0.1, -0.05) is 72.4 Å². The van der Waals surface area contributed by atoms with Crippen molar-refractivity contribution in [1.29, 1.82) is 0 Å². The zero-order valence-electron chi connectivity index (χ0n) is 9.14. The van der Waals surface area contributed by atoms with E-state index in [1.54, 1.807) is 18.2 Å². The highest BCUT2D eigenvalue weighted by molar-refractivity contribution is 7.99. The van der Waals surface area contributed by atoms with E-state index in [2.05, 4.69) is 0 Å². The smallest absolute Gasteiger partial charge is 0.189 e. The maximum absolute atomic E-state index is 13.8. The molecular weight excluding hydrogens is 238 g/mol. The SMILES string of the molecule is FC(F)(SCc1ccccc1)c1ccccc1. The Kier molecular flexibility index (Phi) is 3.79. The van der Waals surface area contributed by atoms with Crippen molar-refractivity contribution in [2.75, 3.05) is 0 Å². The van der Waals surface area contributed by atoms with Gasteiger partial charge in [0, 0.05) is 11.3 Å². The normalized spacial score (nSPS) is 11.4. The van der Waals surface area contributed by atoms with Crippen LogP contribution in [0.5, 0.6) is 0 Å². The molecule has 2 aromatic carbocycles. The summed E-state index contributed by atoms with van der Waals surface area (Å²) in [5, 5.41) is -2.84. The van der Waals surface area contributed by atoms with Crippen molar-refractivity contribution in [3.05, 3.63) is 71.8 Å². The van der Waals surface area contributed by atoms with Crippen LogP contribution >= 0.6 is 11.8 Å². The Morgan fingerprint density at radius 3 is 1.94 bits per heavy atom. The first kappa shape index (κ1) is 12.1. The second-order valence-electron chi connectivity index (χ2n) is 3.66. The van der Waals surface area contributed by atoms with Crippen LogP contribution in [0.1, 0.15) is 11.1 Å². The first-order valence-electron chi connectivity index (χ1n) is 5.30. The van der Waals surface area contributed by atoms with Gasteiger partial charge in [0.15, 0.2) is 0 Å². The molecular formula is C14H12F2S. The van der Waals surface area contributed by atoms with Crippen LogP contribution in [0.2, 0.25) is 0 Å². The van der Waals surface area contributed by atoms with Crippen molar-refractivity contribution in [2.45, 2.75) is 11.0 Å². The third-order valence-corrected chi connectivity index (χ3v) is 3.45. The van der Waals surface area contributed by atoms with Crippen molar-refractivity contribution in [3.63, 3.8) is 0 Å². The fraction of sp³-hybridized carbons (Fsp3) is 0.143. The van der Waals surface area contributed by atoms with Crippen molar-refractivity contribution in [1.82, 2.24) is 0 Å². The molecule has 0 spiro atoms. The first-order chi connectivity index (χ1) is 8.18. The molecule has 0 saturated carbocycles. The summed E-state index contributed by atoms with van der Waals surface area (Å²) < 4.78 is 27.6. The van der Waals surface area contributed by atoms with E-state index in [-0.39, 0.29) is 5.56 Å². The van der Waals surface area contributed by atoms with Crippen molar-refractivity contribution in [3.8, 4) is 0 Å². The number of thioether (sulfide) groups is 1. The van der Waals surface area contributed by atoms with Crippen LogP contribution in [-0.4, -0.2) is 0 Å². The van der Waals surface area contributed by atoms with Gasteiger partial charge < -0.3 is 0 Å². The molecule has 0 N–H and O–H groups in total. The number of halogens is 2. The maximum atomic E-state index is 13.8. The lowest BCUT2D eigenvalue weighted by Crippen LogP contribution is -2.08. The fourth-order valence-electron chi connectivity index (χ4n) is 1.46. The molecule has 0 bridgehead atoms. The van der Waals surface area contributed by atoms with Crippen molar-refractivity contribution < 1.29 is 8.78 Å². The molecule has 0 amide bonds. The quantitative estimate of drug-likeness (QED) is 0.760. The molecule has 0 unspecified atom stereocenters. The highest BCUT2D eigenvalue weighted by Gasteiger charge is 2.31. The second-order valence-corrected chi connectivity index (χ2v) is 4.75. The van der Waals surface area contributed by atoms with Gasteiger partial charge in [-0.3, -0.25) is 0 Å². The summed E-state index contributed by atoms with van der Waals surface area (Å²) in [5.74, 6) is 0.308. The maximum Gasteiger partial charge on any atom is 0.319 e. The average molecular weight is 250 g/mol. The number of rotatable bonds is 4. The Bertz CT molecular complexity index is 454. The minimum Gasteiger partial charge on any atom is -0.189 e. The van der Waals surface area contributed by atoms with Crippen LogP contribution < -0.4 is 0 Å². The van der Waals surface area contributed by atoms with Gasteiger partial charge >= 0.3 is 5.25 Å². The summed E-state index contributed by atoms with van der Waals surface area (Å²) in [5.41, 5.74) is 0.967. The van der Waals surface area contributed by atoms with Crippen LogP contribution in [-0.2, 0) is 11.0 Å². The monoisotopic (exact) mass is 250 g/mol. The van der Waals surface area contributed by atoms with Crippen LogP contribution in [0.15, 0.2) is 60.7 Å². The highest BCUT2D eigenvalue weighted by Crippen LogP contribution is 2.41. The zero-order chi connectivity index (χ0) is 12.1. The molecule has 0 fully saturated rings. The van der Waals surface area contributed by atoms with Gasteiger partial charge in [0.25, 0.3) is 0 Å². The molecule has 0 atom stereocenters. The molecule has 0 saturated heterocycles. The minimum absolute atomic E-state index is 0.0564. The minimum atomic E-state index is -2.84. The fourth-order valence-corrected chi connectivity index (χ4v) is 2.31. The predicted octanol–water partition coefficient (Wildman–Crippen LogP) is 4.67. The van der Waals surface area contributed by atoms with Crippen molar-refractivity contribution >= 4 is 11.8 Å². The van der Waals surface area contributed by atoms with E-state index in [9.17, 15) is 8.78 Å². The molecule has 0 aliphatic rings. The zero-order valence-corrected chi connectivity index (χ0v) is 9.96. The number of hydrogen-bond donors (Lipinski definition) is 0. The Labute approximate surface area is 104 Å². The van der Waals surface area contributed by atoms with E-state index in [1.807, 2.05) is 30.3 Å². The number of hydrogen-bond acceptors (Lipinski definition) is 1. The molecule has 0 nitrogen and oxygen atoms in total. The second kappa shape index (κ2) is 5.32. The summed E-state index contributed by atoms with van der Waals surface area (Å²) in [4.78, 5) is 0. The van der Waals surface area contributed by atoms with Crippen LogP contribution in [0.4, 0.5) is 8.78 Å². The van der Waals surface area contributed by atoms with Crippen LogP contribution in [0.25, 0.3) is 0 Å². The van der Waals surface area contributed by atoms with E-state index in [0.29, 0.717) is 17.5 Å². The molecule has 17 heavy (non-hydrogen) atoms. The molecule has 2 rings (SSSR count). The molecule has 0 aliphatic heterocycles. The van der Waals surface area contributed by atoms with E-state index in [0.717, 1.165) is 5.56 Å². The highest BCUT2D eigenvalue weighted by atomic mass is 32.2. The summed E-state index contributed by atoms with van der Waals surface area (Å²) in [6, 6.07) is 17.2. The molecule has 0 aliphatic carbocycles. The van der Waals surface area contributed by atoms with E-state index in [1.165, 1.54) is 12.1 Å². The third-order valence-electron chi connectivity index (χ3n) is 2.37. The lowest BCUT2D eigenvalue weighted by atomic mass is 10.2. The van der Waals surface area contributed by atoms with Crippen LogP contribution in [0, 0.1) is 0 Å². The molecule has 88 valence electrons. The van der Waals surface area contributed by atoms with E-state index in [4.69, 9.17) is 0 Å². The summed E-state index contributed by atoms with van der Waals surface area (Å²) >= 11 is 0.652. The molecule has 3 heteroatoms. The van der Waals surface area contributed by atoms with Gasteiger partial charge in [0.2, 0.25) is 0 Å². The van der Waals surface area contributed by atoms with Gasteiger partial charge in [-0.25, -0.2) is 0 Å². The predicted molar refractivity (Wildman–Crippen MR) is 68.1 cm³/mol. The van der Waals surface area contributed by atoms with Gasteiger partial charge in [0.05, 0.1) is 0 Å². The summed E-state index contributed by atoms with van der Waals surface area (Å²) in [6.07, 6.45) is 0. The van der Waals surface area contributed by atoms with E-state index >= 15 is 0 Å². The van der Waals surface area contributed by atoms with Gasteiger partial charge in [-0.2, -0.15) is 8.78 Å². The van der Waals surface area contributed by atoms with E-state index < -0.39 is 5.25 Å². The topological polar surface area (TPSA) is 0 Å². The number of benzene rings is 2. The number of alkyl halides is 2. The Morgan fingerprint density at radius 1 is 0.824 bits per heavy atom. The Hall–Kier alpha value is -1.35. The standard InChI is InChI=1S/C14H12F2S/c15-14(16,13-9-5-2-6-10-13)17-11-12-7-3-1-4-8-12/h1-10H,11H2. The average Bonchev–Trinajstić information content (AvgIpc) is 2.39. The Morgan fingerprint density at radius 2 is 1.35 bits per heavy atom. The molecule has 0 aromatic heterocycles. The van der Waals surface area contributed by atoms with Crippen LogP contribution in [0.3, 0.4) is 0 Å². The van der Waals surface area contributed by atoms with Gasteiger partial charge in [-0.05, 0) is 5.56 Å². The summed E-state index contributed by atoms with van der Waals surface area (Å²) in [6.45, 7) is 0. The molecule has 2 aromatic rings.